The van der Waals surface area contributed by atoms with Crippen molar-refractivity contribution < 1.29 is 0 Å². The van der Waals surface area contributed by atoms with E-state index in [-0.39, 0.29) is 11.8 Å². The van der Waals surface area contributed by atoms with Crippen molar-refractivity contribution in [2.75, 3.05) is 3.52 Å². The molecule has 0 heterocycles. The maximum absolute atomic E-state index is 3.24. The fraction of sp³-hybridized carbons (Fsp3) is 0.388. The minimum absolute atomic E-state index is 0.111. The van der Waals surface area contributed by atoms with Crippen LogP contribution in [0.15, 0.2) is 133 Å². The predicted molar refractivity (Wildman–Crippen MR) is 232 cm³/mol. The van der Waals surface area contributed by atoms with Crippen LogP contribution in [0.2, 0.25) is 21.9 Å². The first-order valence-electron chi connectivity index (χ1n) is 19.9. The van der Waals surface area contributed by atoms with Crippen LogP contribution in [-0.4, -0.2) is 23.9 Å². The molecule has 0 N–H and O–H groups in total. The Kier molecular flexibility index (Phi) is 13.9. The molecule has 3 heteroatoms. The monoisotopic (exact) mass is 767 g/mol. The van der Waals surface area contributed by atoms with Crippen LogP contribution >= 0.6 is 0 Å². The average Bonchev–Trinajstić information content (AvgIpc) is 3.13. The molecule has 0 aromatic heterocycles. The van der Waals surface area contributed by atoms with Crippen molar-refractivity contribution in [1.82, 2.24) is 0 Å². The van der Waals surface area contributed by atoms with Crippen molar-refractivity contribution in [2.24, 2.45) is 5.92 Å². The van der Waals surface area contributed by atoms with E-state index in [0.717, 1.165) is 0 Å². The number of nitrogens with zero attached hydrogens (tertiary/aromatic N) is 1. The van der Waals surface area contributed by atoms with Crippen molar-refractivity contribution >= 4 is 29.6 Å². The zero-order chi connectivity index (χ0) is 37.4. The molecule has 0 saturated carbocycles. The summed E-state index contributed by atoms with van der Waals surface area (Å²) in [5, 5.41) is 1.31. The van der Waals surface area contributed by atoms with Gasteiger partial charge in [-0.3, -0.25) is 0 Å². The topological polar surface area (TPSA) is 3.24 Å². The summed E-state index contributed by atoms with van der Waals surface area (Å²) in [6.07, 6.45) is 1.28. The van der Waals surface area contributed by atoms with E-state index in [1.54, 1.807) is 5.69 Å². The van der Waals surface area contributed by atoms with Crippen LogP contribution in [-0.2, 0) is 0 Å². The molecule has 0 amide bonds. The number of anilines is 1. The molecule has 0 aliphatic carbocycles. The van der Waals surface area contributed by atoms with Crippen molar-refractivity contribution in [2.45, 2.75) is 115 Å². The molecule has 5 aromatic rings. The van der Waals surface area contributed by atoms with Gasteiger partial charge in [-0.1, -0.05) is 0 Å². The van der Waals surface area contributed by atoms with E-state index in [0.29, 0.717) is 28.5 Å². The van der Waals surface area contributed by atoms with Crippen molar-refractivity contribution in [3.05, 3.63) is 172 Å². The van der Waals surface area contributed by atoms with Crippen LogP contribution < -0.4 is 3.52 Å². The Hall–Kier alpha value is -3.34. The first-order chi connectivity index (χ1) is 25.0. The molecule has 5 aromatic carbocycles. The van der Waals surface area contributed by atoms with Gasteiger partial charge in [0, 0.05) is 0 Å². The first-order valence-corrected chi connectivity index (χ1v) is 24.5. The second-order valence-corrected chi connectivity index (χ2v) is 25.8. The Morgan fingerprint density at radius 2 is 0.788 bits per heavy atom. The molecule has 0 unspecified atom stereocenters. The molecule has 0 fully saturated rings. The standard InChI is InChI=1S/C49H63GeNSi/c1-35(2)31-32-50-51(52(37(5)6,38(7)8)39(9)10)49-45(47(40-23-15-11-16-24-40)41-25-17-12-18-26-41)33-44(36(3)4)34-46(49)48(42-27-19-13-20-28-42)43-29-21-14-22-30-43/h11-30,33-39,47-48H,31-32H2,1-10H3. The first kappa shape index (κ1) is 39.9. The van der Waals surface area contributed by atoms with Gasteiger partial charge in [0.15, 0.2) is 0 Å². The van der Waals surface area contributed by atoms with Gasteiger partial charge >= 0.3 is 327 Å². The molecule has 0 aliphatic rings. The van der Waals surface area contributed by atoms with Gasteiger partial charge in [0.2, 0.25) is 0 Å². The van der Waals surface area contributed by atoms with E-state index in [9.17, 15) is 0 Å². The molecule has 52 heavy (non-hydrogen) atoms. The van der Waals surface area contributed by atoms with E-state index >= 15 is 0 Å². The SMILES string of the molecule is CC(C)C[CH2][Ge][N](c1c(C(c2ccccc2)c2ccccc2)cc(C(C)C)cc1C(c1ccccc1)c1ccccc1)[Si](C(C)C)(C(C)C)C(C)C. The van der Waals surface area contributed by atoms with Gasteiger partial charge in [-0.15, -0.1) is 0 Å². The van der Waals surface area contributed by atoms with Crippen LogP contribution in [0, 0.1) is 5.92 Å². The molecule has 272 valence electrons. The molecule has 0 aliphatic heterocycles. The van der Waals surface area contributed by atoms with Gasteiger partial charge < -0.3 is 0 Å². The predicted octanol–water partition coefficient (Wildman–Crippen LogP) is 14.2. The Balaban J connectivity index is 2.03. The van der Waals surface area contributed by atoms with Gasteiger partial charge in [0.1, 0.15) is 0 Å². The van der Waals surface area contributed by atoms with Crippen LogP contribution in [0.4, 0.5) is 5.69 Å². The second-order valence-electron chi connectivity index (χ2n) is 16.5. The summed E-state index contributed by atoms with van der Waals surface area (Å²) in [7, 11) is -2.18. The van der Waals surface area contributed by atoms with Gasteiger partial charge in [0.25, 0.3) is 0 Å². The van der Waals surface area contributed by atoms with E-state index in [4.69, 9.17) is 0 Å². The van der Waals surface area contributed by atoms with Crippen molar-refractivity contribution in [1.29, 1.82) is 0 Å². The number of rotatable bonds is 16. The molecule has 0 bridgehead atoms. The van der Waals surface area contributed by atoms with Gasteiger partial charge in [-0.05, 0) is 0 Å². The molecule has 0 spiro atoms. The van der Waals surface area contributed by atoms with E-state index < -0.39 is 23.9 Å². The van der Waals surface area contributed by atoms with Crippen molar-refractivity contribution in [3.63, 3.8) is 0 Å². The third kappa shape index (κ3) is 8.55. The van der Waals surface area contributed by atoms with Gasteiger partial charge in [-0.25, -0.2) is 0 Å². The summed E-state index contributed by atoms with van der Waals surface area (Å²) in [4.78, 5) is 0. The fourth-order valence-corrected chi connectivity index (χ4v) is 25.5. The summed E-state index contributed by atoms with van der Waals surface area (Å²) in [5.74, 6) is 1.31. The molecule has 2 radical (unpaired) electrons. The average molecular weight is 767 g/mol. The Morgan fingerprint density at radius 3 is 1.06 bits per heavy atom. The van der Waals surface area contributed by atoms with Crippen molar-refractivity contribution in [3.8, 4) is 0 Å². The number of hydrogen-bond acceptors (Lipinski definition) is 1. The molecular formula is C49H63GeNSi. The van der Waals surface area contributed by atoms with Gasteiger partial charge in [0.05, 0.1) is 0 Å². The van der Waals surface area contributed by atoms with E-state index in [2.05, 4.69) is 206 Å². The molecule has 0 saturated heterocycles. The minimum atomic E-state index is -2.18. The Bertz CT molecular complexity index is 1590. The summed E-state index contributed by atoms with van der Waals surface area (Å²) >= 11 is -0.532. The molecular weight excluding hydrogens is 703 g/mol. The number of benzene rings is 5. The summed E-state index contributed by atoms with van der Waals surface area (Å²) in [6, 6.07) is 50.8. The number of hydrogen-bond donors (Lipinski definition) is 0. The molecule has 0 atom stereocenters. The second kappa shape index (κ2) is 18.1. The van der Waals surface area contributed by atoms with Crippen LogP contribution in [0.1, 0.15) is 132 Å². The normalized spacial score (nSPS) is 12.3. The third-order valence-electron chi connectivity index (χ3n) is 11.4. The van der Waals surface area contributed by atoms with E-state index in [1.165, 1.54) is 50.6 Å². The maximum atomic E-state index is 3.24. The van der Waals surface area contributed by atoms with E-state index in [1.807, 2.05) is 0 Å². The summed E-state index contributed by atoms with van der Waals surface area (Å²) in [5.41, 5.74) is 13.2. The third-order valence-corrected chi connectivity index (χ3v) is 23.4. The Labute approximate surface area is 325 Å². The zero-order valence-corrected chi connectivity index (χ0v) is 36.7. The Morgan fingerprint density at radius 1 is 0.462 bits per heavy atom. The van der Waals surface area contributed by atoms with Crippen LogP contribution in [0.3, 0.4) is 0 Å². The quantitative estimate of drug-likeness (QED) is 0.0714. The van der Waals surface area contributed by atoms with Crippen LogP contribution in [0.5, 0.6) is 0 Å². The molecule has 1 nitrogen and oxygen atoms in total. The molecule has 5 rings (SSSR count). The fourth-order valence-electron chi connectivity index (χ4n) is 9.07. The zero-order valence-electron chi connectivity index (χ0n) is 33.6. The van der Waals surface area contributed by atoms with Gasteiger partial charge in [-0.2, -0.15) is 0 Å². The summed E-state index contributed by atoms with van der Waals surface area (Å²) in [6.45, 7) is 25.0. The summed E-state index contributed by atoms with van der Waals surface area (Å²) < 4.78 is 3.24. The van der Waals surface area contributed by atoms with Crippen LogP contribution in [0.25, 0.3) is 0 Å².